The van der Waals surface area contributed by atoms with E-state index in [4.69, 9.17) is 9.47 Å². The van der Waals surface area contributed by atoms with Gasteiger partial charge in [-0.25, -0.2) is 4.79 Å². The second kappa shape index (κ2) is 10.9. The first-order valence-corrected chi connectivity index (χ1v) is 12.1. The van der Waals surface area contributed by atoms with Crippen molar-refractivity contribution in [3.63, 3.8) is 0 Å². The highest BCUT2D eigenvalue weighted by atomic mass is 32.2. The molecule has 1 fully saturated rings. The van der Waals surface area contributed by atoms with E-state index in [1.165, 1.54) is 30.0 Å². The van der Waals surface area contributed by atoms with Crippen molar-refractivity contribution < 1.29 is 24.0 Å². The smallest absolute Gasteiger partial charge is 0.338 e. The first kappa shape index (κ1) is 24.7. The molecule has 182 valence electrons. The molecule has 1 aliphatic heterocycles. The number of aryl methyl sites for hydroxylation is 1. The normalized spacial score (nSPS) is 15.2. The summed E-state index contributed by atoms with van der Waals surface area (Å²) >= 11 is 1.24. The van der Waals surface area contributed by atoms with Crippen LogP contribution >= 0.6 is 11.8 Å². The van der Waals surface area contributed by atoms with Gasteiger partial charge in [0.25, 0.3) is 5.69 Å². The standard InChI is InChI=1S/C26H26N2O6S/c1-17-13-22(18(2)27(17)15-20-7-6-12-33-20)24(29)16-34-26(30)19-10-11-25(23(14-19)28(31)32)35-21-8-4-3-5-9-21/h3-5,8-11,13-14,20H,6-7,12,15-16H2,1-2H3. The number of hydrogen-bond donors (Lipinski definition) is 0. The number of hydrogen-bond acceptors (Lipinski definition) is 7. The lowest BCUT2D eigenvalue weighted by Gasteiger charge is -2.14. The lowest BCUT2D eigenvalue weighted by atomic mass is 10.1. The van der Waals surface area contributed by atoms with Crippen molar-refractivity contribution in [2.75, 3.05) is 13.2 Å². The zero-order chi connectivity index (χ0) is 24.9. The molecule has 0 bridgehead atoms. The Kier molecular flexibility index (Phi) is 7.67. The summed E-state index contributed by atoms with van der Waals surface area (Å²) in [6.45, 7) is 4.79. The average molecular weight is 495 g/mol. The topological polar surface area (TPSA) is 101 Å². The summed E-state index contributed by atoms with van der Waals surface area (Å²) in [5, 5.41) is 11.6. The highest BCUT2D eigenvalue weighted by Gasteiger charge is 2.23. The Morgan fingerprint density at radius 3 is 2.63 bits per heavy atom. The molecule has 0 aliphatic carbocycles. The quantitative estimate of drug-likeness (QED) is 0.170. The maximum absolute atomic E-state index is 12.8. The molecule has 8 nitrogen and oxygen atoms in total. The van der Waals surface area contributed by atoms with Gasteiger partial charge in [-0.2, -0.15) is 0 Å². The van der Waals surface area contributed by atoms with Crippen LogP contribution in [0.1, 0.15) is 44.9 Å². The Labute approximate surface area is 207 Å². The molecule has 1 atom stereocenters. The number of nitro groups is 1. The maximum Gasteiger partial charge on any atom is 0.338 e. The molecular weight excluding hydrogens is 468 g/mol. The van der Waals surface area contributed by atoms with Crippen LogP contribution in [0.3, 0.4) is 0 Å². The van der Waals surface area contributed by atoms with Crippen molar-refractivity contribution >= 4 is 29.2 Å². The number of benzene rings is 2. The van der Waals surface area contributed by atoms with Crippen molar-refractivity contribution in [3.05, 3.63) is 87.2 Å². The van der Waals surface area contributed by atoms with E-state index < -0.39 is 17.5 Å². The van der Waals surface area contributed by atoms with E-state index in [0.29, 0.717) is 17.0 Å². The van der Waals surface area contributed by atoms with Crippen molar-refractivity contribution in [1.29, 1.82) is 0 Å². The predicted molar refractivity (Wildman–Crippen MR) is 131 cm³/mol. The molecule has 0 radical (unpaired) electrons. The van der Waals surface area contributed by atoms with Crippen LogP contribution in [0.15, 0.2) is 64.4 Å². The van der Waals surface area contributed by atoms with E-state index in [1.807, 2.05) is 44.2 Å². The van der Waals surface area contributed by atoms with E-state index in [9.17, 15) is 19.7 Å². The molecule has 4 rings (SSSR count). The van der Waals surface area contributed by atoms with Gasteiger partial charge in [0.05, 0.1) is 21.5 Å². The average Bonchev–Trinajstić information content (AvgIpc) is 3.47. The molecule has 1 unspecified atom stereocenters. The number of esters is 1. The van der Waals surface area contributed by atoms with E-state index in [1.54, 1.807) is 6.07 Å². The summed E-state index contributed by atoms with van der Waals surface area (Å²) in [7, 11) is 0. The lowest BCUT2D eigenvalue weighted by Crippen LogP contribution is -2.18. The van der Waals surface area contributed by atoms with Crippen LogP contribution < -0.4 is 0 Å². The first-order chi connectivity index (χ1) is 16.8. The molecule has 0 N–H and O–H groups in total. The summed E-state index contributed by atoms with van der Waals surface area (Å²) in [4.78, 5) is 37.7. The van der Waals surface area contributed by atoms with E-state index in [0.717, 1.165) is 35.7 Å². The fraction of sp³-hybridized carbons (Fsp3) is 0.308. The molecule has 1 aromatic heterocycles. The molecule has 0 spiro atoms. The first-order valence-electron chi connectivity index (χ1n) is 11.3. The second-order valence-electron chi connectivity index (χ2n) is 8.38. The number of ether oxygens (including phenoxy) is 2. The van der Waals surface area contributed by atoms with Crippen LogP contribution in [0, 0.1) is 24.0 Å². The summed E-state index contributed by atoms with van der Waals surface area (Å²) < 4.78 is 13.0. The van der Waals surface area contributed by atoms with Gasteiger partial charge in [-0.3, -0.25) is 14.9 Å². The van der Waals surface area contributed by atoms with Gasteiger partial charge in [-0.15, -0.1) is 0 Å². The van der Waals surface area contributed by atoms with Gasteiger partial charge in [0.15, 0.2) is 6.61 Å². The van der Waals surface area contributed by atoms with E-state index >= 15 is 0 Å². The lowest BCUT2D eigenvalue weighted by molar-refractivity contribution is -0.387. The summed E-state index contributed by atoms with van der Waals surface area (Å²) in [6, 6.07) is 15.2. The van der Waals surface area contributed by atoms with E-state index in [2.05, 4.69) is 4.57 Å². The minimum Gasteiger partial charge on any atom is -0.454 e. The zero-order valence-corrected chi connectivity index (χ0v) is 20.4. The van der Waals surface area contributed by atoms with Crippen molar-refractivity contribution in [2.45, 2.75) is 49.1 Å². The molecule has 0 saturated carbocycles. The summed E-state index contributed by atoms with van der Waals surface area (Å²) in [6.07, 6.45) is 2.17. The second-order valence-corrected chi connectivity index (χ2v) is 9.50. The highest BCUT2D eigenvalue weighted by Crippen LogP contribution is 2.35. The van der Waals surface area contributed by atoms with Crippen molar-refractivity contribution in [2.24, 2.45) is 0 Å². The van der Waals surface area contributed by atoms with Gasteiger partial charge in [-0.05, 0) is 57.0 Å². The summed E-state index contributed by atoms with van der Waals surface area (Å²) in [5.74, 6) is -1.11. The van der Waals surface area contributed by atoms with Crippen LogP contribution in [0.2, 0.25) is 0 Å². The number of carbonyl (C=O) groups excluding carboxylic acids is 2. The molecule has 9 heteroatoms. The fourth-order valence-corrected chi connectivity index (χ4v) is 5.06. The van der Waals surface area contributed by atoms with Gasteiger partial charge in [-0.1, -0.05) is 30.0 Å². The molecule has 3 aromatic rings. The number of ketones is 1. The molecule has 1 saturated heterocycles. The molecule has 35 heavy (non-hydrogen) atoms. The van der Waals surface area contributed by atoms with Crippen molar-refractivity contribution in [1.82, 2.24) is 4.57 Å². The van der Waals surface area contributed by atoms with Crippen LogP contribution in [0.5, 0.6) is 0 Å². The van der Waals surface area contributed by atoms with Gasteiger partial charge in [0, 0.05) is 41.1 Å². The van der Waals surface area contributed by atoms with Crippen molar-refractivity contribution in [3.8, 4) is 0 Å². The summed E-state index contributed by atoms with van der Waals surface area (Å²) in [5.41, 5.74) is 2.06. The molecule has 2 heterocycles. The minimum absolute atomic E-state index is 0.0192. The third-order valence-corrected chi connectivity index (χ3v) is 7.05. The fourth-order valence-electron chi connectivity index (χ4n) is 4.14. The Morgan fingerprint density at radius 2 is 1.94 bits per heavy atom. The Hall–Kier alpha value is -3.43. The molecule has 2 aromatic carbocycles. The molecular formula is C26H26N2O6S. The third-order valence-electron chi connectivity index (χ3n) is 5.98. The molecule has 1 aliphatic rings. The SMILES string of the molecule is Cc1cc(C(=O)COC(=O)c2ccc(Sc3ccccc3)c([N+](=O)[O-])c2)c(C)n1CC1CCCO1. The highest BCUT2D eigenvalue weighted by molar-refractivity contribution is 7.99. The van der Waals surface area contributed by atoms with Crippen LogP contribution in [0.25, 0.3) is 0 Å². The van der Waals surface area contributed by atoms with E-state index in [-0.39, 0.29) is 23.1 Å². The number of nitrogens with zero attached hydrogens (tertiary/aromatic N) is 2. The zero-order valence-electron chi connectivity index (χ0n) is 19.6. The Morgan fingerprint density at radius 1 is 1.17 bits per heavy atom. The Balaban J connectivity index is 1.43. The largest absolute Gasteiger partial charge is 0.454 e. The predicted octanol–water partition coefficient (Wildman–Crippen LogP) is 5.38. The van der Waals surface area contributed by atoms with Gasteiger partial charge >= 0.3 is 5.97 Å². The number of rotatable bonds is 9. The number of Topliss-reactive ketones (excluding diaryl/α,β-unsaturated/α-hetero) is 1. The van der Waals surface area contributed by atoms with Gasteiger partial charge < -0.3 is 14.0 Å². The van der Waals surface area contributed by atoms with Gasteiger partial charge in [0.1, 0.15) is 0 Å². The van der Waals surface area contributed by atoms with Gasteiger partial charge in [0.2, 0.25) is 5.78 Å². The monoisotopic (exact) mass is 494 g/mol. The third kappa shape index (κ3) is 5.80. The number of aromatic nitrogens is 1. The van der Waals surface area contributed by atoms with Crippen LogP contribution in [-0.4, -0.2) is 40.6 Å². The molecule has 0 amide bonds. The van der Waals surface area contributed by atoms with Crippen LogP contribution in [0.4, 0.5) is 5.69 Å². The Bertz CT molecular complexity index is 1250. The van der Waals surface area contributed by atoms with Crippen LogP contribution in [-0.2, 0) is 16.0 Å². The minimum atomic E-state index is -0.786. The number of nitro benzene ring substituents is 1. The number of carbonyl (C=O) groups is 2. The maximum atomic E-state index is 12.8.